The Labute approximate surface area is 204 Å². The number of hydrazone groups is 1. The Morgan fingerprint density at radius 2 is 1.54 bits per heavy atom. The predicted octanol–water partition coefficient (Wildman–Crippen LogP) is 3.85. The molecule has 3 aromatic carbocycles. The van der Waals surface area contributed by atoms with Crippen molar-refractivity contribution >= 4 is 17.7 Å². The van der Waals surface area contributed by atoms with Crippen molar-refractivity contribution in [3.8, 4) is 11.1 Å². The maximum absolute atomic E-state index is 12.7. The molecule has 0 aliphatic heterocycles. The fourth-order valence-electron chi connectivity index (χ4n) is 3.57. The number of nitrogens with one attached hydrogen (secondary N) is 2. The van der Waals surface area contributed by atoms with Gasteiger partial charge in [0.05, 0.1) is 18.1 Å². The van der Waals surface area contributed by atoms with Crippen molar-refractivity contribution in [2.75, 3.05) is 6.61 Å². The van der Waals surface area contributed by atoms with Gasteiger partial charge in [-0.15, -0.1) is 0 Å². The number of hydrogen-bond donors (Lipinski definition) is 3. The quantitative estimate of drug-likeness (QED) is 0.104. The van der Waals surface area contributed by atoms with Crippen LogP contribution >= 0.6 is 0 Å². The van der Waals surface area contributed by atoms with Crippen LogP contribution in [-0.2, 0) is 27.3 Å². The lowest BCUT2D eigenvalue weighted by Crippen LogP contribution is -2.45. The van der Waals surface area contributed by atoms with E-state index in [0.29, 0.717) is 6.42 Å². The molecule has 3 rings (SSSR count). The largest absolute Gasteiger partial charge is 0.466 e. The topological polar surface area (TPSA) is 121 Å². The smallest absolute Gasteiger partial charge is 0.307 e. The number of rotatable bonds is 10. The third kappa shape index (κ3) is 8.19. The Morgan fingerprint density at radius 1 is 0.943 bits per heavy atom. The monoisotopic (exact) mass is 472 g/mol. The molecule has 1 amide bonds. The predicted molar refractivity (Wildman–Crippen MR) is 134 cm³/mol. The number of benzene rings is 3. The molecule has 0 aliphatic rings. The van der Waals surface area contributed by atoms with Crippen LogP contribution in [0.3, 0.4) is 0 Å². The summed E-state index contributed by atoms with van der Waals surface area (Å²) in [4.78, 5) is 25.7. The van der Waals surface area contributed by atoms with E-state index >= 15 is 0 Å². The number of esters is 1. The van der Waals surface area contributed by atoms with E-state index in [2.05, 4.69) is 10.4 Å². The number of nitrogens with zero attached hydrogens (tertiary/aromatic N) is 2. The van der Waals surface area contributed by atoms with Gasteiger partial charge in [-0.3, -0.25) is 9.59 Å². The second kappa shape index (κ2) is 12.8. The molecule has 0 bridgehead atoms. The molecule has 0 fully saturated rings. The summed E-state index contributed by atoms with van der Waals surface area (Å²) in [6.07, 6.45) is 0.392. The van der Waals surface area contributed by atoms with Crippen molar-refractivity contribution in [1.29, 1.82) is 5.53 Å². The fraction of sp³-hybridized carbons (Fsp3) is 0.222. The number of amidine groups is 1. The van der Waals surface area contributed by atoms with Crippen molar-refractivity contribution in [3.05, 3.63) is 96.1 Å². The first kappa shape index (κ1) is 25.3. The van der Waals surface area contributed by atoms with E-state index in [1.807, 2.05) is 84.9 Å². The second-order valence-electron chi connectivity index (χ2n) is 7.98. The van der Waals surface area contributed by atoms with Crippen LogP contribution in [0.25, 0.3) is 11.1 Å². The molecular weight excluding hydrogens is 442 g/mol. The van der Waals surface area contributed by atoms with Crippen LogP contribution in [0.5, 0.6) is 0 Å². The number of carbonyl (C=O) groups is 2. The standard InChI is InChI=1S/C27H29N5O3/c1-2-35-25(33)18-24(17-20-13-15-23(16-14-20)22-11-7-4-8-12-22)30-27(34)26(28)31-32(29)19-21-9-5-3-6-10-21/h3-16,24H,2,17-19H2,1H3,(H3-,28,29,30,31,34)/p+1/t24-/m1/s1. The Morgan fingerprint density at radius 3 is 2.17 bits per heavy atom. The first-order valence-corrected chi connectivity index (χ1v) is 11.4. The normalized spacial score (nSPS) is 12.0. The van der Waals surface area contributed by atoms with Gasteiger partial charge in [-0.05, 0) is 35.6 Å². The SMILES string of the molecule is CCOC(=O)C[C@@H](Cc1ccc(-c2ccccc2)cc1)NC(=O)C(N)=N[N+](=N)Cc1ccccc1. The number of hydrogen-bond acceptors (Lipinski definition) is 4. The van der Waals surface area contributed by atoms with Gasteiger partial charge in [0.2, 0.25) is 6.54 Å². The Bertz CT molecular complexity index is 1160. The Kier molecular flexibility index (Phi) is 9.24. The van der Waals surface area contributed by atoms with E-state index in [0.717, 1.165) is 27.1 Å². The highest BCUT2D eigenvalue weighted by Gasteiger charge is 2.21. The van der Waals surface area contributed by atoms with Gasteiger partial charge in [-0.2, -0.15) is 0 Å². The van der Waals surface area contributed by atoms with Gasteiger partial charge in [0.25, 0.3) is 11.7 Å². The van der Waals surface area contributed by atoms with Crippen LogP contribution in [0.15, 0.2) is 90.0 Å². The van der Waals surface area contributed by atoms with Crippen molar-refractivity contribution in [2.45, 2.75) is 32.4 Å². The van der Waals surface area contributed by atoms with Crippen LogP contribution in [0.1, 0.15) is 24.5 Å². The minimum Gasteiger partial charge on any atom is -0.466 e. The van der Waals surface area contributed by atoms with Crippen LogP contribution in [-0.4, -0.2) is 35.2 Å². The summed E-state index contributed by atoms with van der Waals surface area (Å²) in [5, 5.41) is 6.62. The highest BCUT2D eigenvalue weighted by Crippen LogP contribution is 2.20. The average molecular weight is 473 g/mol. The van der Waals surface area contributed by atoms with Gasteiger partial charge in [0.15, 0.2) is 0 Å². The van der Waals surface area contributed by atoms with E-state index in [-0.39, 0.29) is 25.4 Å². The molecule has 0 aliphatic carbocycles. The zero-order valence-corrected chi connectivity index (χ0v) is 19.7. The molecule has 3 aromatic rings. The molecule has 0 radical (unpaired) electrons. The minimum absolute atomic E-state index is 0.0120. The van der Waals surface area contributed by atoms with Gasteiger partial charge in [-0.1, -0.05) is 84.9 Å². The van der Waals surface area contributed by atoms with Crippen LogP contribution in [0.4, 0.5) is 0 Å². The van der Waals surface area contributed by atoms with Crippen molar-refractivity contribution in [3.63, 3.8) is 0 Å². The molecular formula is C27H30N5O3+. The van der Waals surface area contributed by atoms with E-state index in [1.54, 1.807) is 6.92 Å². The molecule has 1 atom stereocenters. The molecule has 8 heteroatoms. The average Bonchev–Trinajstić information content (AvgIpc) is 2.85. The number of nitrogens with two attached hydrogens (primary N) is 1. The molecule has 0 saturated heterocycles. The summed E-state index contributed by atoms with van der Waals surface area (Å²) in [6, 6.07) is 26.7. The van der Waals surface area contributed by atoms with Gasteiger partial charge in [0.1, 0.15) is 0 Å². The van der Waals surface area contributed by atoms with Gasteiger partial charge in [0, 0.05) is 16.4 Å². The second-order valence-corrected chi connectivity index (χ2v) is 7.98. The van der Waals surface area contributed by atoms with Crippen molar-refractivity contribution in [1.82, 2.24) is 5.32 Å². The zero-order valence-electron chi connectivity index (χ0n) is 19.7. The van der Waals surface area contributed by atoms with Crippen LogP contribution in [0.2, 0.25) is 0 Å². The Balaban J connectivity index is 1.67. The van der Waals surface area contributed by atoms with Gasteiger partial charge < -0.3 is 15.8 Å². The van der Waals surface area contributed by atoms with Crippen molar-refractivity contribution in [2.24, 2.45) is 10.8 Å². The maximum Gasteiger partial charge on any atom is 0.307 e. The highest BCUT2D eigenvalue weighted by atomic mass is 16.5. The molecule has 4 N–H and O–H groups in total. The third-order valence-corrected chi connectivity index (χ3v) is 5.23. The van der Waals surface area contributed by atoms with E-state index in [9.17, 15) is 9.59 Å². The summed E-state index contributed by atoms with van der Waals surface area (Å²) in [7, 11) is 0. The molecule has 0 aromatic heterocycles. The molecule has 0 saturated carbocycles. The van der Waals surface area contributed by atoms with E-state index in [4.69, 9.17) is 16.0 Å². The van der Waals surface area contributed by atoms with Gasteiger partial charge in [-0.25, -0.2) is 0 Å². The highest BCUT2D eigenvalue weighted by molar-refractivity contribution is 6.37. The minimum atomic E-state index is -0.648. The van der Waals surface area contributed by atoms with Crippen LogP contribution < -0.4 is 11.1 Å². The summed E-state index contributed by atoms with van der Waals surface area (Å²) in [5.41, 5.74) is 17.8. The third-order valence-electron chi connectivity index (χ3n) is 5.23. The summed E-state index contributed by atoms with van der Waals surface area (Å²) < 4.78 is 5.07. The van der Waals surface area contributed by atoms with E-state index < -0.39 is 17.9 Å². The van der Waals surface area contributed by atoms with Crippen LogP contribution in [0, 0.1) is 5.53 Å². The summed E-state index contributed by atoms with van der Waals surface area (Å²) >= 11 is 0. The van der Waals surface area contributed by atoms with E-state index in [1.165, 1.54) is 0 Å². The van der Waals surface area contributed by atoms with Gasteiger partial charge >= 0.3 is 5.97 Å². The molecule has 0 heterocycles. The first-order chi connectivity index (χ1) is 16.9. The zero-order chi connectivity index (χ0) is 25.0. The lowest BCUT2D eigenvalue weighted by atomic mass is 9.99. The lowest BCUT2D eigenvalue weighted by Gasteiger charge is -2.18. The molecule has 0 spiro atoms. The lowest BCUT2D eigenvalue weighted by molar-refractivity contribution is -0.635. The van der Waals surface area contributed by atoms with Crippen molar-refractivity contribution < 1.29 is 19.1 Å². The number of amides is 1. The molecule has 180 valence electrons. The maximum atomic E-state index is 12.7. The summed E-state index contributed by atoms with van der Waals surface area (Å²) in [5.74, 6) is -1.42. The number of ether oxygens (including phenoxy) is 1. The molecule has 35 heavy (non-hydrogen) atoms. The molecule has 0 unspecified atom stereocenters. The first-order valence-electron chi connectivity index (χ1n) is 11.4. The Hall–Kier alpha value is -4.33. The summed E-state index contributed by atoms with van der Waals surface area (Å²) in [6.45, 7) is 2.16. The molecule has 8 nitrogen and oxygen atoms in total. The number of carbonyl (C=O) groups excluding carboxylic acids is 2. The fourth-order valence-corrected chi connectivity index (χ4v) is 3.57.